The van der Waals surface area contributed by atoms with Crippen LogP contribution in [0.15, 0.2) is 42.7 Å². The summed E-state index contributed by atoms with van der Waals surface area (Å²) in [5, 5.41) is 5.93. The molecule has 0 bridgehead atoms. The van der Waals surface area contributed by atoms with Crippen LogP contribution in [-0.2, 0) is 4.74 Å². The van der Waals surface area contributed by atoms with Crippen molar-refractivity contribution in [1.29, 1.82) is 0 Å². The van der Waals surface area contributed by atoms with Crippen molar-refractivity contribution in [2.75, 3.05) is 23.8 Å². The largest absolute Gasteiger partial charge is 0.462 e. The first-order valence-corrected chi connectivity index (χ1v) is 7.92. The fraction of sp³-hybridized carbons (Fsp3) is 0.278. The van der Waals surface area contributed by atoms with Gasteiger partial charge in [0.25, 0.3) is 5.91 Å². The van der Waals surface area contributed by atoms with E-state index in [-0.39, 0.29) is 12.5 Å². The third-order valence-corrected chi connectivity index (χ3v) is 3.25. The van der Waals surface area contributed by atoms with Gasteiger partial charge in [-0.05, 0) is 31.5 Å². The molecule has 0 atom stereocenters. The summed E-state index contributed by atoms with van der Waals surface area (Å²) in [6.07, 6.45) is 4.13. The van der Waals surface area contributed by atoms with E-state index in [1.807, 2.05) is 0 Å². The number of rotatable bonds is 7. The number of nitrogens with zero attached hydrogens (tertiary/aromatic N) is 1. The monoisotopic (exact) mass is 327 g/mol. The molecular weight excluding hydrogens is 306 g/mol. The molecule has 0 saturated carbocycles. The molecule has 1 aromatic heterocycles. The van der Waals surface area contributed by atoms with Gasteiger partial charge in [-0.15, -0.1) is 0 Å². The van der Waals surface area contributed by atoms with Crippen molar-refractivity contribution in [3.63, 3.8) is 0 Å². The summed E-state index contributed by atoms with van der Waals surface area (Å²) in [5.74, 6) is -0.802. The number of nitrogens with one attached hydrogen (secondary N) is 2. The van der Waals surface area contributed by atoms with Gasteiger partial charge < -0.3 is 15.4 Å². The number of carbonyl (C=O) groups is 2. The van der Waals surface area contributed by atoms with E-state index in [0.717, 1.165) is 18.7 Å². The molecule has 0 spiro atoms. The van der Waals surface area contributed by atoms with Crippen LogP contribution in [0.2, 0.25) is 0 Å². The van der Waals surface area contributed by atoms with Gasteiger partial charge in [0.15, 0.2) is 0 Å². The van der Waals surface area contributed by atoms with Gasteiger partial charge in [0.1, 0.15) is 0 Å². The Labute approximate surface area is 141 Å². The summed E-state index contributed by atoms with van der Waals surface area (Å²) in [6.45, 7) is 4.87. The average Bonchev–Trinajstić information content (AvgIpc) is 2.61. The van der Waals surface area contributed by atoms with Crippen LogP contribution < -0.4 is 10.6 Å². The number of aromatic nitrogens is 1. The second-order valence-electron chi connectivity index (χ2n) is 5.11. The van der Waals surface area contributed by atoms with Crippen molar-refractivity contribution in [1.82, 2.24) is 4.98 Å². The lowest BCUT2D eigenvalue weighted by molar-refractivity contribution is 0.0527. The normalized spacial score (nSPS) is 10.1. The molecule has 0 radical (unpaired) electrons. The number of pyridine rings is 1. The molecule has 2 aromatic rings. The van der Waals surface area contributed by atoms with Crippen molar-refractivity contribution < 1.29 is 14.3 Å². The number of ether oxygens (including phenoxy) is 1. The Morgan fingerprint density at radius 1 is 1.17 bits per heavy atom. The Balaban J connectivity index is 2.17. The minimum atomic E-state index is -0.468. The number of benzene rings is 1. The maximum atomic E-state index is 12.4. The number of para-hydroxylation sites is 1. The fourth-order valence-corrected chi connectivity index (χ4v) is 2.10. The summed E-state index contributed by atoms with van der Waals surface area (Å²) in [6, 6.07) is 8.47. The molecule has 126 valence electrons. The SMILES string of the molecule is CCCNc1cncc(C(=O)Nc2ccccc2C(=O)OCC)c1. The maximum Gasteiger partial charge on any atom is 0.340 e. The predicted molar refractivity (Wildman–Crippen MR) is 93.4 cm³/mol. The number of hydrogen-bond donors (Lipinski definition) is 2. The number of amides is 1. The van der Waals surface area contributed by atoms with Gasteiger partial charge in [-0.25, -0.2) is 4.79 Å². The van der Waals surface area contributed by atoms with Crippen LogP contribution in [0.25, 0.3) is 0 Å². The third-order valence-electron chi connectivity index (χ3n) is 3.25. The summed E-state index contributed by atoms with van der Waals surface area (Å²) in [7, 11) is 0. The van der Waals surface area contributed by atoms with E-state index < -0.39 is 5.97 Å². The van der Waals surface area contributed by atoms with Gasteiger partial charge in [-0.2, -0.15) is 0 Å². The first kappa shape index (κ1) is 17.5. The highest BCUT2D eigenvalue weighted by molar-refractivity contribution is 6.08. The summed E-state index contributed by atoms with van der Waals surface area (Å²) in [5.41, 5.74) is 1.92. The van der Waals surface area contributed by atoms with Crippen LogP contribution in [0.5, 0.6) is 0 Å². The zero-order valence-corrected chi connectivity index (χ0v) is 13.8. The van der Waals surface area contributed by atoms with Crippen LogP contribution in [0.1, 0.15) is 41.0 Å². The number of anilines is 2. The molecule has 6 nitrogen and oxygen atoms in total. The molecule has 2 N–H and O–H groups in total. The number of carbonyl (C=O) groups excluding carboxylic acids is 2. The minimum absolute atomic E-state index is 0.274. The van der Waals surface area contributed by atoms with Gasteiger partial charge in [0.05, 0.1) is 29.1 Å². The molecule has 6 heteroatoms. The van der Waals surface area contributed by atoms with Crippen LogP contribution in [0.3, 0.4) is 0 Å². The quantitative estimate of drug-likeness (QED) is 0.762. The highest BCUT2D eigenvalue weighted by atomic mass is 16.5. The van der Waals surface area contributed by atoms with Crippen LogP contribution in [-0.4, -0.2) is 30.0 Å². The van der Waals surface area contributed by atoms with Crippen molar-refractivity contribution in [3.05, 3.63) is 53.9 Å². The smallest absolute Gasteiger partial charge is 0.340 e. The Hall–Kier alpha value is -2.89. The molecule has 2 rings (SSSR count). The number of hydrogen-bond acceptors (Lipinski definition) is 5. The van der Waals surface area contributed by atoms with Crippen LogP contribution in [0.4, 0.5) is 11.4 Å². The van der Waals surface area contributed by atoms with E-state index in [1.165, 1.54) is 6.20 Å². The van der Waals surface area contributed by atoms with Crippen LogP contribution in [0, 0.1) is 0 Å². The average molecular weight is 327 g/mol. The second kappa shape index (κ2) is 8.67. The van der Waals surface area contributed by atoms with Crippen molar-refractivity contribution in [2.24, 2.45) is 0 Å². The topological polar surface area (TPSA) is 80.3 Å². The third kappa shape index (κ3) is 4.55. The molecule has 0 fully saturated rings. The first-order valence-electron chi connectivity index (χ1n) is 7.92. The van der Waals surface area contributed by atoms with Gasteiger partial charge in [-0.3, -0.25) is 9.78 Å². The Bertz CT molecular complexity index is 716. The summed E-state index contributed by atoms with van der Waals surface area (Å²) < 4.78 is 5.01. The van der Waals surface area contributed by atoms with E-state index >= 15 is 0 Å². The molecule has 0 aliphatic carbocycles. The van der Waals surface area contributed by atoms with Crippen molar-refractivity contribution >= 4 is 23.3 Å². The molecule has 0 aliphatic heterocycles. The Morgan fingerprint density at radius 2 is 1.96 bits per heavy atom. The number of esters is 1. The Morgan fingerprint density at radius 3 is 2.71 bits per heavy atom. The highest BCUT2D eigenvalue weighted by Gasteiger charge is 2.15. The van der Waals surface area contributed by atoms with Gasteiger partial charge in [0.2, 0.25) is 0 Å². The molecule has 0 unspecified atom stereocenters. The summed E-state index contributed by atoms with van der Waals surface area (Å²) in [4.78, 5) is 28.5. The molecule has 1 amide bonds. The standard InChI is InChI=1S/C18H21N3O3/c1-3-9-20-14-10-13(11-19-12-14)17(22)21-16-8-6-5-7-15(16)18(23)24-4-2/h5-8,10-12,20H,3-4,9H2,1-2H3,(H,21,22). The first-order chi connectivity index (χ1) is 11.7. The van der Waals surface area contributed by atoms with E-state index in [9.17, 15) is 9.59 Å². The van der Waals surface area contributed by atoms with Gasteiger partial charge >= 0.3 is 5.97 Å². The van der Waals surface area contributed by atoms with Crippen molar-refractivity contribution in [2.45, 2.75) is 20.3 Å². The zero-order valence-electron chi connectivity index (χ0n) is 13.8. The van der Waals surface area contributed by atoms with E-state index in [2.05, 4.69) is 22.5 Å². The van der Waals surface area contributed by atoms with Crippen LogP contribution >= 0.6 is 0 Å². The molecule has 1 heterocycles. The Kier molecular flexibility index (Phi) is 6.31. The molecule has 0 aliphatic rings. The highest BCUT2D eigenvalue weighted by Crippen LogP contribution is 2.18. The molecular formula is C18H21N3O3. The maximum absolute atomic E-state index is 12.4. The predicted octanol–water partition coefficient (Wildman–Crippen LogP) is 3.33. The van der Waals surface area contributed by atoms with E-state index in [1.54, 1.807) is 43.5 Å². The van der Waals surface area contributed by atoms with Gasteiger partial charge in [0, 0.05) is 18.9 Å². The lowest BCUT2D eigenvalue weighted by atomic mass is 10.1. The lowest BCUT2D eigenvalue weighted by Gasteiger charge is -2.11. The minimum Gasteiger partial charge on any atom is -0.462 e. The van der Waals surface area contributed by atoms with E-state index in [4.69, 9.17) is 4.74 Å². The van der Waals surface area contributed by atoms with E-state index in [0.29, 0.717) is 16.8 Å². The van der Waals surface area contributed by atoms with Crippen molar-refractivity contribution in [3.8, 4) is 0 Å². The molecule has 24 heavy (non-hydrogen) atoms. The lowest BCUT2D eigenvalue weighted by Crippen LogP contribution is -2.16. The fourth-order valence-electron chi connectivity index (χ4n) is 2.10. The second-order valence-corrected chi connectivity index (χ2v) is 5.11. The molecule has 1 aromatic carbocycles. The summed E-state index contributed by atoms with van der Waals surface area (Å²) >= 11 is 0. The zero-order chi connectivity index (χ0) is 17.4. The molecule has 0 saturated heterocycles. The van der Waals surface area contributed by atoms with Gasteiger partial charge in [-0.1, -0.05) is 19.1 Å².